The lowest BCUT2D eigenvalue weighted by atomic mass is 9.68. The lowest BCUT2D eigenvalue weighted by Crippen LogP contribution is -2.39. The number of rotatable bonds is 3. The summed E-state index contributed by atoms with van der Waals surface area (Å²) in [5.74, 6) is 0. The minimum absolute atomic E-state index is 0.392. The van der Waals surface area contributed by atoms with Crippen LogP contribution >= 0.6 is 0 Å². The molecule has 1 saturated carbocycles. The van der Waals surface area contributed by atoms with Gasteiger partial charge in [0.15, 0.2) is 0 Å². The summed E-state index contributed by atoms with van der Waals surface area (Å²) in [5.41, 5.74) is 4.84. The van der Waals surface area contributed by atoms with Gasteiger partial charge < -0.3 is 5.32 Å². The minimum atomic E-state index is 0.392. The molecule has 0 bridgehead atoms. The number of hydrogen-bond acceptors (Lipinski definition) is 1. The Kier molecular flexibility index (Phi) is 3.88. The summed E-state index contributed by atoms with van der Waals surface area (Å²) in [6.07, 6.45) is 6.87. The summed E-state index contributed by atoms with van der Waals surface area (Å²) < 4.78 is 0. The first kappa shape index (κ1) is 12.6. The summed E-state index contributed by atoms with van der Waals surface area (Å²) in [6.45, 7) is 5.59. The molecule has 1 fully saturated rings. The van der Waals surface area contributed by atoms with Crippen molar-refractivity contribution in [3.05, 3.63) is 34.9 Å². The van der Waals surface area contributed by atoms with Crippen molar-refractivity contribution in [2.45, 2.75) is 51.4 Å². The Morgan fingerprint density at radius 3 is 2.47 bits per heavy atom. The van der Waals surface area contributed by atoms with E-state index in [1.807, 2.05) is 0 Å². The number of nitrogens with one attached hydrogen (secondary N) is 1. The highest BCUT2D eigenvalue weighted by Crippen LogP contribution is 2.40. The van der Waals surface area contributed by atoms with E-state index >= 15 is 0 Å². The zero-order valence-corrected chi connectivity index (χ0v) is 11.5. The van der Waals surface area contributed by atoms with Gasteiger partial charge in [-0.2, -0.15) is 0 Å². The monoisotopic (exact) mass is 231 g/mol. The van der Waals surface area contributed by atoms with Gasteiger partial charge in [-0.15, -0.1) is 0 Å². The van der Waals surface area contributed by atoms with Crippen molar-refractivity contribution in [3.8, 4) is 0 Å². The van der Waals surface area contributed by atoms with Gasteiger partial charge in [0.2, 0.25) is 0 Å². The summed E-state index contributed by atoms with van der Waals surface area (Å²) in [5, 5.41) is 3.42. The van der Waals surface area contributed by atoms with Crippen molar-refractivity contribution in [3.63, 3.8) is 0 Å². The molecule has 0 amide bonds. The molecule has 0 aromatic heterocycles. The van der Waals surface area contributed by atoms with Crippen LogP contribution in [-0.4, -0.2) is 13.6 Å². The van der Waals surface area contributed by atoms with Crippen molar-refractivity contribution in [1.82, 2.24) is 5.32 Å². The molecule has 0 atom stereocenters. The predicted molar refractivity (Wildman–Crippen MR) is 74.6 cm³/mol. The van der Waals surface area contributed by atoms with Crippen LogP contribution in [0.3, 0.4) is 0 Å². The van der Waals surface area contributed by atoms with Gasteiger partial charge >= 0.3 is 0 Å². The van der Waals surface area contributed by atoms with Gasteiger partial charge in [0.05, 0.1) is 0 Å². The number of benzene rings is 1. The smallest absolute Gasteiger partial charge is 0.00803 e. The lowest BCUT2D eigenvalue weighted by molar-refractivity contribution is 0.285. The largest absolute Gasteiger partial charge is 0.319 e. The Balaban J connectivity index is 2.40. The van der Waals surface area contributed by atoms with Crippen molar-refractivity contribution in [2.75, 3.05) is 13.6 Å². The third-order valence-electron chi connectivity index (χ3n) is 4.29. The topological polar surface area (TPSA) is 12.0 Å². The first-order chi connectivity index (χ1) is 8.18. The molecule has 1 aliphatic carbocycles. The molecular formula is C16H25N. The second kappa shape index (κ2) is 5.22. The number of likely N-dealkylation sites (N-methyl/N-ethyl adjacent to an activating group) is 1. The standard InChI is InChI=1S/C16H25N/c1-13-7-8-14(2)15(11-13)16(12-17-3)9-5-4-6-10-16/h7-8,11,17H,4-6,9-10,12H2,1-3H3. The quantitative estimate of drug-likeness (QED) is 0.836. The molecule has 17 heavy (non-hydrogen) atoms. The highest BCUT2D eigenvalue weighted by atomic mass is 14.8. The first-order valence-corrected chi connectivity index (χ1v) is 6.90. The number of aryl methyl sites for hydroxylation is 2. The molecule has 0 radical (unpaired) electrons. The van der Waals surface area contributed by atoms with Crippen molar-refractivity contribution in [1.29, 1.82) is 0 Å². The van der Waals surface area contributed by atoms with E-state index in [9.17, 15) is 0 Å². The van der Waals surface area contributed by atoms with Gasteiger partial charge in [-0.1, -0.05) is 43.0 Å². The van der Waals surface area contributed by atoms with Gasteiger partial charge in [-0.3, -0.25) is 0 Å². The third kappa shape index (κ3) is 2.55. The summed E-state index contributed by atoms with van der Waals surface area (Å²) in [4.78, 5) is 0. The Labute approximate surface area is 106 Å². The Hall–Kier alpha value is -0.820. The molecule has 0 spiro atoms. The molecule has 1 heteroatoms. The fourth-order valence-electron chi connectivity index (χ4n) is 3.42. The van der Waals surface area contributed by atoms with Gasteiger partial charge in [0, 0.05) is 12.0 Å². The average Bonchev–Trinajstić information content (AvgIpc) is 2.34. The lowest BCUT2D eigenvalue weighted by Gasteiger charge is -2.39. The SMILES string of the molecule is CNCC1(c2cc(C)ccc2C)CCCCC1. The molecule has 1 aliphatic rings. The van der Waals surface area contributed by atoms with Gasteiger partial charge in [-0.25, -0.2) is 0 Å². The fourth-order valence-corrected chi connectivity index (χ4v) is 3.42. The van der Waals surface area contributed by atoms with Crippen LogP contribution in [0, 0.1) is 13.8 Å². The molecule has 0 unspecified atom stereocenters. The average molecular weight is 231 g/mol. The van der Waals surface area contributed by atoms with Crippen molar-refractivity contribution in [2.24, 2.45) is 0 Å². The van der Waals surface area contributed by atoms with Crippen LogP contribution < -0.4 is 5.32 Å². The molecule has 1 N–H and O–H groups in total. The van der Waals surface area contributed by atoms with Crippen LogP contribution in [0.4, 0.5) is 0 Å². The highest BCUT2D eigenvalue weighted by Gasteiger charge is 2.34. The fraction of sp³-hybridized carbons (Fsp3) is 0.625. The third-order valence-corrected chi connectivity index (χ3v) is 4.29. The van der Waals surface area contributed by atoms with Crippen LogP contribution in [0.5, 0.6) is 0 Å². The summed E-state index contributed by atoms with van der Waals surface area (Å²) in [7, 11) is 2.08. The van der Waals surface area contributed by atoms with Crippen LogP contribution in [-0.2, 0) is 5.41 Å². The molecule has 2 rings (SSSR count). The van der Waals surface area contributed by atoms with Crippen LogP contribution in [0.25, 0.3) is 0 Å². The normalized spacial score (nSPS) is 19.2. The van der Waals surface area contributed by atoms with Crippen LogP contribution in [0.1, 0.15) is 48.8 Å². The molecular weight excluding hydrogens is 206 g/mol. The molecule has 1 nitrogen and oxygen atoms in total. The van der Waals surface area contributed by atoms with Crippen LogP contribution in [0.2, 0.25) is 0 Å². The van der Waals surface area contributed by atoms with Gasteiger partial charge in [-0.05, 0) is 44.9 Å². The zero-order valence-electron chi connectivity index (χ0n) is 11.5. The van der Waals surface area contributed by atoms with E-state index in [0.29, 0.717) is 5.41 Å². The zero-order chi connectivity index (χ0) is 12.3. The van der Waals surface area contributed by atoms with E-state index < -0.39 is 0 Å². The molecule has 94 valence electrons. The maximum Gasteiger partial charge on any atom is 0.00803 e. The minimum Gasteiger partial charge on any atom is -0.319 e. The Morgan fingerprint density at radius 1 is 1.12 bits per heavy atom. The predicted octanol–water partition coefficient (Wildman–Crippen LogP) is 3.72. The molecule has 0 heterocycles. The highest BCUT2D eigenvalue weighted by molar-refractivity contribution is 5.37. The van der Waals surface area contributed by atoms with Gasteiger partial charge in [0.25, 0.3) is 0 Å². The molecule has 0 saturated heterocycles. The van der Waals surface area contributed by atoms with E-state index in [0.717, 1.165) is 6.54 Å². The maximum absolute atomic E-state index is 3.42. The Bertz CT molecular complexity index is 370. The van der Waals surface area contributed by atoms with Crippen molar-refractivity contribution < 1.29 is 0 Å². The summed E-state index contributed by atoms with van der Waals surface area (Å²) >= 11 is 0. The van der Waals surface area contributed by atoms with E-state index in [4.69, 9.17) is 0 Å². The molecule has 0 aliphatic heterocycles. The van der Waals surface area contributed by atoms with Crippen LogP contribution in [0.15, 0.2) is 18.2 Å². The van der Waals surface area contributed by atoms with E-state index in [1.165, 1.54) is 43.2 Å². The van der Waals surface area contributed by atoms with E-state index in [2.05, 4.69) is 44.4 Å². The molecule has 1 aromatic rings. The Morgan fingerprint density at radius 2 is 1.82 bits per heavy atom. The van der Waals surface area contributed by atoms with E-state index in [-0.39, 0.29) is 0 Å². The second-order valence-electron chi connectivity index (χ2n) is 5.69. The first-order valence-electron chi connectivity index (χ1n) is 6.90. The molecule has 1 aromatic carbocycles. The summed E-state index contributed by atoms with van der Waals surface area (Å²) in [6, 6.07) is 6.93. The second-order valence-corrected chi connectivity index (χ2v) is 5.69. The van der Waals surface area contributed by atoms with E-state index in [1.54, 1.807) is 5.56 Å². The van der Waals surface area contributed by atoms with Gasteiger partial charge in [0.1, 0.15) is 0 Å². The maximum atomic E-state index is 3.42. The number of hydrogen-bond donors (Lipinski definition) is 1. The van der Waals surface area contributed by atoms with Crippen molar-refractivity contribution >= 4 is 0 Å².